The number of carbonyl (C=O) groups excluding carboxylic acids is 2. The first-order chi connectivity index (χ1) is 22.3. The van der Waals surface area contributed by atoms with E-state index in [-0.39, 0.29) is 11.8 Å². The van der Waals surface area contributed by atoms with E-state index < -0.39 is 0 Å². The molecule has 4 aliphatic rings. The number of aryl methyl sites for hydroxylation is 1. The molecule has 5 aromatic rings. The minimum atomic E-state index is 0.0297. The summed E-state index contributed by atoms with van der Waals surface area (Å²) in [5.41, 5.74) is 7.93. The molecule has 2 unspecified atom stereocenters. The Bertz CT molecular complexity index is 2090. The highest BCUT2D eigenvalue weighted by molar-refractivity contribution is 6.01. The molecule has 0 radical (unpaired) electrons. The average molecular weight is 615 g/mol. The van der Waals surface area contributed by atoms with Crippen molar-refractivity contribution >= 4 is 39.6 Å². The molecule has 2 saturated carbocycles. The lowest BCUT2D eigenvalue weighted by atomic mass is 9.95. The van der Waals surface area contributed by atoms with Gasteiger partial charge in [-0.25, -0.2) is 9.97 Å². The number of methoxy groups -OCH3 is 1. The topological polar surface area (TPSA) is 94.3 Å². The lowest BCUT2D eigenvalue weighted by molar-refractivity contribution is -0.115. The third-order valence-electron chi connectivity index (χ3n) is 10.9. The Labute approximate surface area is 267 Å². The van der Waals surface area contributed by atoms with Crippen molar-refractivity contribution in [3.05, 3.63) is 59.7 Å². The molecule has 2 aromatic carbocycles. The summed E-state index contributed by atoms with van der Waals surface area (Å²) in [5.74, 6) is 4.08. The number of amides is 2. The number of nitrogens with one attached hydrogen (secondary N) is 1. The molecule has 5 heterocycles. The summed E-state index contributed by atoms with van der Waals surface area (Å²) in [4.78, 5) is 38.2. The Kier molecular flexibility index (Phi) is 6.11. The van der Waals surface area contributed by atoms with Gasteiger partial charge in [-0.15, -0.1) is 0 Å². The second kappa shape index (κ2) is 10.2. The van der Waals surface area contributed by atoms with E-state index in [9.17, 15) is 9.59 Å². The smallest absolute Gasteiger partial charge is 0.254 e. The van der Waals surface area contributed by atoms with Crippen molar-refractivity contribution in [3.63, 3.8) is 0 Å². The maximum absolute atomic E-state index is 13.8. The predicted molar refractivity (Wildman–Crippen MR) is 178 cm³/mol. The lowest BCUT2D eigenvalue weighted by Gasteiger charge is -2.32. The first-order valence-electron chi connectivity index (χ1n) is 16.6. The number of pyridine rings is 1. The van der Waals surface area contributed by atoms with Crippen molar-refractivity contribution in [2.45, 2.75) is 45.6 Å². The minimum Gasteiger partial charge on any atom is -0.494 e. The van der Waals surface area contributed by atoms with Crippen LogP contribution in [0.1, 0.15) is 48.5 Å². The van der Waals surface area contributed by atoms with Crippen LogP contribution in [0.3, 0.4) is 0 Å². The molecule has 2 aliphatic carbocycles. The second-order valence-corrected chi connectivity index (χ2v) is 14.1. The van der Waals surface area contributed by atoms with Crippen molar-refractivity contribution in [2.75, 3.05) is 25.5 Å². The van der Waals surface area contributed by atoms with E-state index in [0.717, 1.165) is 75.7 Å². The summed E-state index contributed by atoms with van der Waals surface area (Å²) in [6.45, 7) is 4.87. The van der Waals surface area contributed by atoms with Crippen LogP contribution in [0.5, 0.6) is 5.75 Å². The number of benzene rings is 2. The molecule has 9 nitrogen and oxygen atoms in total. The highest BCUT2D eigenvalue weighted by Gasteiger charge is 2.39. The Morgan fingerprint density at radius 3 is 2.72 bits per heavy atom. The molecule has 2 aliphatic heterocycles. The molecule has 234 valence electrons. The number of anilines is 1. The maximum Gasteiger partial charge on any atom is 0.254 e. The van der Waals surface area contributed by atoms with Gasteiger partial charge in [-0.05, 0) is 91.3 Å². The Hall–Kier alpha value is -4.66. The second-order valence-electron chi connectivity index (χ2n) is 14.1. The van der Waals surface area contributed by atoms with E-state index in [1.54, 1.807) is 7.11 Å². The highest BCUT2D eigenvalue weighted by atomic mass is 16.5. The van der Waals surface area contributed by atoms with Crippen LogP contribution < -0.4 is 10.1 Å². The van der Waals surface area contributed by atoms with Crippen molar-refractivity contribution in [3.8, 4) is 28.5 Å². The number of ether oxygens (including phenoxy) is 1. The normalized spacial score (nSPS) is 22.1. The highest BCUT2D eigenvalue weighted by Crippen LogP contribution is 2.42. The molecular weight excluding hydrogens is 576 g/mol. The number of nitrogens with zero attached hydrogens (tertiary/aromatic N) is 5. The number of rotatable bonds is 6. The average Bonchev–Trinajstić information content (AvgIpc) is 3.45. The van der Waals surface area contributed by atoms with Gasteiger partial charge in [0.25, 0.3) is 5.91 Å². The monoisotopic (exact) mass is 614 g/mol. The van der Waals surface area contributed by atoms with E-state index in [2.05, 4.69) is 44.5 Å². The van der Waals surface area contributed by atoms with E-state index in [1.807, 2.05) is 37.4 Å². The molecule has 3 aromatic heterocycles. The van der Waals surface area contributed by atoms with Crippen LogP contribution in [0, 0.1) is 23.7 Å². The summed E-state index contributed by atoms with van der Waals surface area (Å²) in [6, 6.07) is 16.3. The van der Waals surface area contributed by atoms with Crippen LogP contribution in [0.4, 0.5) is 5.69 Å². The number of imidazole rings is 1. The quantitative estimate of drug-likeness (QED) is 0.243. The molecule has 1 N–H and O–H groups in total. The summed E-state index contributed by atoms with van der Waals surface area (Å²) >= 11 is 0. The van der Waals surface area contributed by atoms with Crippen LogP contribution in [-0.2, 0) is 24.8 Å². The molecule has 3 atom stereocenters. The fourth-order valence-electron chi connectivity index (χ4n) is 8.31. The summed E-state index contributed by atoms with van der Waals surface area (Å²) in [6.07, 6.45) is 5.31. The number of hydrogen-bond acceptors (Lipinski definition) is 5. The molecule has 9 rings (SSSR count). The van der Waals surface area contributed by atoms with Crippen LogP contribution in [0.25, 0.3) is 44.8 Å². The maximum atomic E-state index is 13.8. The van der Waals surface area contributed by atoms with Gasteiger partial charge in [0, 0.05) is 48.9 Å². The van der Waals surface area contributed by atoms with E-state index in [4.69, 9.17) is 14.7 Å². The van der Waals surface area contributed by atoms with E-state index in [0.29, 0.717) is 41.4 Å². The largest absolute Gasteiger partial charge is 0.494 e. The predicted octanol–water partition coefficient (Wildman–Crippen LogP) is 6.29. The lowest BCUT2D eigenvalue weighted by Crippen LogP contribution is -2.41. The molecular formula is C37H38N6O3. The summed E-state index contributed by atoms with van der Waals surface area (Å²) in [5, 5.41) is 4.02. The summed E-state index contributed by atoms with van der Waals surface area (Å²) in [7, 11) is 3.69. The third-order valence-corrected chi connectivity index (χ3v) is 10.9. The van der Waals surface area contributed by atoms with Crippen LogP contribution in [0.15, 0.2) is 48.5 Å². The van der Waals surface area contributed by atoms with Gasteiger partial charge >= 0.3 is 0 Å². The van der Waals surface area contributed by atoms with Gasteiger partial charge in [0.15, 0.2) is 5.82 Å². The van der Waals surface area contributed by atoms with Gasteiger partial charge in [0.05, 0.1) is 30.4 Å². The first kappa shape index (κ1) is 27.6. The molecule has 1 saturated heterocycles. The van der Waals surface area contributed by atoms with Crippen LogP contribution in [0.2, 0.25) is 0 Å². The van der Waals surface area contributed by atoms with Crippen LogP contribution in [-0.4, -0.2) is 56.0 Å². The zero-order valence-electron chi connectivity index (χ0n) is 26.5. The fourth-order valence-corrected chi connectivity index (χ4v) is 8.31. The van der Waals surface area contributed by atoms with Crippen molar-refractivity contribution in [1.29, 1.82) is 0 Å². The molecule has 9 heteroatoms. The molecule has 46 heavy (non-hydrogen) atoms. The standard InChI is InChI=1S/C37H38N6O3/c1-20-10-22-11-27(20)19-42(17-22)37(45)26-13-30-34(32(15-26)46-3)41(2)36(40-30)31-14-25-8-9-28(39-35(25)43(31)18-21-4-5-21)23-6-7-24-16-33(44)38-29(24)12-23/h6-9,12-15,20-22,27H,4-5,10-11,16-19H2,1-3H3,(H,38,44)/t20-,22?,27?/m0/s1. The van der Waals surface area contributed by atoms with Gasteiger partial charge in [0.2, 0.25) is 5.91 Å². The van der Waals surface area contributed by atoms with E-state index in [1.165, 1.54) is 25.7 Å². The van der Waals surface area contributed by atoms with Gasteiger partial charge in [-0.1, -0.05) is 19.1 Å². The zero-order chi connectivity index (χ0) is 31.3. The van der Waals surface area contributed by atoms with Crippen molar-refractivity contribution in [2.24, 2.45) is 30.7 Å². The minimum absolute atomic E-state index is 0.0297. The van der Waals surface area contributed by atoms with Gasteiger partial charge in [0.1, 0.15) is 16.9 Å². The number of likely N-dealkylation sites (tertiary alicyclic amines) is 1. The number of fused-ring (bicyclic) bond motifs is 5. The van der Waals surface area contributed by atoms with Gasteiger partial charge < -0.3 is 24.1 Å². The van der Waals surface area contributed by atoms with Crippen LogP contribution >= 0.6 is 0 Å². The SMILES string of the molecule is COc1cc(C(=O)N2CC3CC(C2)[C@@H](C)C3)cc2nc(-c3cc4ccc(-c5ccc6c(c5)NC(=O)C6)nc4n3CC3CC3)n(C)c12. The first-order valence-corrected chi connectivity index (χ1v) is 16.6. The fraction of sp³-hybridized carbons (Fsp3) is 0.405. The molecule has 3 fully saturated rings. The Balaban J connectivity index is 1.13. The molecule has 2 bridgehead atoms. The molecule has 2 amide bonds. The Morgan fingerprint density at radius 2 is 1.91 bits per heavy atom. The third kappa shape index (κ3) is 4.42. The van der Waals surface area contributed by atoms with Crippen molar-refractivity contribution in [1.82, 2.24) is 24.0 Å². The number of aromatic nitrogens is 4. The van der Waals surface area contributed by atoms with Crippen molar-refractivity contribution < 1.29 is 14.3 Å². The number of piperidine rings is 1. The summed E-state index contributed by atoms with van der Waals surface area (Å²) < 4.78 is 10.3. The number of hydrogen-bond donors (Lipinski definition) is 1. The molecule has 0 spiro atoms. The Morgan fingerprint density at radius 1 is 1.04 bits per heavy atom. The zero-order valence-corrected chi connectivity index (χ0v) is 26.5. The van der Waals surface area contributed by atoms with E-state index >= 15 is 0 Å². The number of carbonyl (C=O) groups is 2. The van der Waals surface area contributed by atoms with Gasteiger partial charge in [-0.3, -0.25) is 9.59 Å². The van der Waals surface area contributed by atoms with Gasteiger partial charge in [-0.2, -0.15) is 0 Å².